The monoisotopic (exact) mass is 229 g/mol. The maximum atomic E-state index is 12.0. The highest BCUT2D eigenvalue weighted by molar-refractivity contribution is 8.15. The lowest BCUT2D eigenvalue weighted by Gasteiger charge is -2.30. The summed E-state index contributed by atoms with van der Waals surface area (Å²) < 4.78 is 0. The van der Waals surface area contributed by atoms with Crippen molar-refractivity contribution in [2.75, 3.05) is 7.05 Å². The average Bonchev–Trinajstić information content (AvgIpc) is 2.51. The number of amidine groups is 1. The van der Waals surface area contributed by atoms with Gasteiger partial charge < -0.3 is 0 Å². The number of rotatable bonds is 2. The van der Waals surface area contributed by atoms with E-state index in [-0.39, 0.29) is 16.7 Å². The van der Waals surface area contributed by atoms with Crippen molar-refractivity contribution in [3.05, 3.63) is 0 Å². The molecule has 1 fully saturated rings. The number of hydrogen-bond acceptors (Lipinski definition) is 3. The van der Waals surface area contributed by atoms with Gasteiger partial charge in [0.25, 0.3) is 0 Å². The van der Waals surface area contributed by atoms with Crippen LogP contribution in [0.2, 0.25) is 0 Å². The van der Waals surface area contributed by atoms with Crippen LogP contribution in [0.3, 0.4) is 0 Å². The number of nitrogens with one attached hydrogen (secondary N) is 1. The smallest absolute Gasteiger partial charge is 0.245 e. The lowest BCUT2D eigenvalue weighted by molar-refractivity contribution is -0.139. The molecule has 1 aliphatic rings. The summed E-state index contributed by atoms with van der Waals surface area (Å²) in [6.07, 6.45) is 0.858. The zero-order valence-electron chi connectivity index (χ0n) is 10.00. The number of hydrazine groups is 1. The fourth-order valence-electron chi connectivity index (χ4n) is 1.35. The molecule has 0 aromatic heterocycles. The minimum atomic E-state index is -0.255. The van der Waals surface area contributed by atoms with Gasteiger partial charge in [-0.05, 0) is 20.3 Å². The van der Waals surface area contributed by atoms with E-state index in [1.807, 2.05) is 27.7 Å². The average molecular weight is 229 g/mol. The first-order chi connectivity index (χ1) is 6.92. The molecule has 86 valence electrons. The maximum Gasteiger partial charge on any atom is 0.245 e. The van der Waals surface area contributed by atoms with Gasteiger partial charge in [-0.3, -0.25) is 15.2 Å². The van der Waals surface area contributed by atoms with Crippen LogP contribution >= 0.6 is 11.8 Å². The van der Waals surface area contributed by atoms with Crippen molar-refractivity contribution in [2.24, 2.45) is 10.9 Å². The summed E-state index contributed by atoms with van der Waals surface area (Å²) in [5, 5.41) is 2.49. The molecule has 0 aromatic carbocycles. The molecule has 0 spiro atoms. The second-order valence-corrected chi connectivity index (χ2v) is 5.76. The van der Waals surface area contributed by atoms with E-state index >= 15 is 0 Å². The predicted molar refractivity (Wildman–Crippen MR) is 64.5 cm³/mol. The number of nitrogens with zero attached hydrogens (tertiary/aromatic N) is 2. The molecule has 1 aliphatic heterocycles. The lowest BCUT2D eigenvalue weighted by Crippen LogP contribution is -2.50. The third kappa shape index (κ3) is 2.45. The van der Waals surface area contributed by atoms with Crippen LogP contribution in [0.5, 0.6) is 0 Å². The molecule has 0 aromatic rings. The highest BCUT2D eigenvalue weighted by atomic mass is 32.2. The number of carbonyl (C=O) groups excluding carboxylic acids is 1. The molecular weight excluding hydrogens is 210 g/mol. The molecule has 0 aliphatic carbocycles. The second kappa shape index (κ2) is 4.43. The molecule has 15 heavy (non-hydrogen) atoms. The summed E-state index contributed by atoms with van der Waals surface area (Å²) in [5.41, 5.74) is 3.04. The molecule has 0 bridgehead atoms. The van der Waals surface area contributed by atoms with Gasteiger partial charge in [-0.15, -0.1) is 0 Å². The number of carbonyl (C=O) groups is 1. The Morgan fingerprint density at radius 2 is 2.27 bits per heavy atom. The van der Waals surface area contributed by atoms with Gasteiger partial charge in [-0.1, -0.05) is 25.6 Å². The summed E-state index contributed by atoms with van der Waals surface area (Å²) in [6, 6.07) is 0. The molecule has 1 heterocycles. The highest BCUT2D eigenvalue weighted by Crippen LogP contribution is 2.34. The third-order valence-corrected chi connectivity index (χ3v) is 3.70. The van der Waals surface area contributed by atoms with Gasteiger partial charge in [0.05, 0.1) is 0 Å². The fourth-order valence-corrected chi connectivity index (χ4v) is 2.27. The second-order valence-electron chi connectivity index (χ2n) is 4.17. The Morgan fingerprint density at radius 1 is 1.67 bits per heavy atom. The van der Waals surface area contributed by atoms with Crippen molar-refractivity contribution < 1.29 is 4.79 Å². The van der Waals surface area contributed by atoms with Gasteiger partial charge in [0, 0.05) is 13.0 Å². The molecule has 1 atom stereocenters. The van der Waals surface area contributed by atoms with Crippen molar-refractivity contribution >= 4 is 22.8 Å². The van der Waals surface area contributed by atoms with Gasteiger partial charge in [0.2, 0.25) is 5.91 Å². The zero-order valence-corrected chi connectivity index (χ0v) is 10.8. The normalized spacial score (nSPS) is 24.1. The SMILES string of the molecule is CCC(C)C(=O)N1NC(=NC)SC1(C)C. The first-order valence-corrected chi connectivity index (χ1v) is 6.00. The van der Waals surface area contributed by atoms with Crippen molar-refractivity contribution in [3.8, 4) is 0 Å². The van der Waals surface area contributed by atoms with Crippen molar-refractivity contribution in [3.63, 3.8) is 0 Å². The number of aliphatic imine (C=N–C) groups is 1. The van der Waals surface area contributed by atoms with E-state index in [0.29, 0.717) is 0 Å². The summed E-state index contributed by atoms with van der Waals surface area (Å²) in [5.74, 6) is 0.183. The van der Waals surface area contributed by atoms with Crippen molar-refractivity contribution in [1.82, 2.24) is 10.4 Å². The number of hydrogen-bond donors (Lipinski definition) is 1. The van der Waals surface area contributed by atoms with Gasteiger partial charge >= 0.3 is 0 Å². The standard InChI is InChI=1S/C10H19N3OS/c1-6-7(2)8(14)13-10(3,4)15-9(11-5)12-13/h7H,6H2,1-5H3,(H,11,12). The molecule has 1 N–H and O–H groups in total. The molecule has 0 radical (unpaired) electrons. The Labute approximate surface area is 95.5 Å². The Morgan fingerprint density at radius 3 is 2.67 bits per heavy atom. The molecule has 5 heteroatoms. The molecule has 0 saturated carbocycles. The van der Waals surface area contributed by atoms with Crippen LogP contribution in [0.1, 0.15) is 34.1 Å². The summed E-state index contributed by atoms with van der Waals surface area (Å²) in [4.78, 5) is 15.9. The summed E-state index contributed by atoms with van der Waals surface area (Å²) in [7, 11) is 1.72. The van der Waals surface area contributed by atoms with Crippen LogP contribution in [-0.4, -0.2) is 28.0 Å². The first kappa shape index (κ1) is 12.4. The Bertz CT molecular complexity index is 288. The number of amides is 1. The zero-order chi connectivity index (χ0) is 11.6. The molecule has 1 rings (SSSR count). The Hall–Kier alpha value is -0.710. The molecule has 1 amide bonds. The van der Waals surface area contributed by atoms with E-state index in [1.54, 1.807) is 23.8 Å². The Balaban J connectivity index is 2.82. The van der Waals surface area contributed by atoms with E-state index in [0.717, 1.165) is 11.6 Å². The van der Waals surface area contributed by atoms with Gasteiger partial charge in [-0.25, -0.2) is 5.01 Å². The Kier molecular flexibility index (Phi) is 3.65. The minimum Gasteiger partial charge on any atom is -0.273 e. The van der Waals surface area contributed by atoms with Crippen molar-refractivity contribution in [2.45, 2.75) is 39.0 Å². The van der Waals surface area contributed by atoms with E-state index in [9.17, 15) is 4.79 Å². The van der Waals surface area contributed by atoms with E-state index in [4.69, 9.17) is 0 Å². The van der Waals surface area contributed by atoms with Crippen LogP contribution in [0.15, 0.2) is 4.99 Å². The van der Waals surface area contributed by atoms with E-state index in [1.165, 1.54) is 0 Å². The maximum absolute atomic E-state index is 12.0. The summed E-state index contributed by atoms with van der Waals surface area (Å²) in [6.45, 7) is 8.01. The van der Waals surface area contributed by atoms with Crippen LogP contribution in [0.25, 0.3) is 0 Å². The predicted octanol–water partition coefficient (Wildman–Crippen LogP) is 1.83. The fraction of sp³-hybridized carbons (Fsp3) is 0.800. The van der Waals surface area contributed by atoms with Crippen LogP contribution in [0, 0.1) is 5.92 Å². The van der Waals surface area contributed by atoms with Gasteiger partial charge in [0.1, 0.15) is 4.87 Å². The molecule has 4 nitrogen and oxygen atoms in total. The lowest BCUT2D eigenvalue weighted by atomic mass is 10.1. The minimum absolute atomic E-state index is 0.0496. The summed E-state index contributed by atoms with van der Waals surface area (Å²) >= 11 is 1.58. The molecular formula is C10H19N3OS. The van der Waals surface area contributed by atoms with E-state index < -0.39 is 0 Å². The van der Waals surface area contributed by atoms with Gasteiger partial charge in [-0.2, -0.15) is 0 Å². The third-order valence-electron chi connectivity index (χ3n) is 2.55. The molecule has 1 unspecified atom stereocenters. The largest absolute Gasteiger partial charge is 0.273 e. The van der Waals surface area contributed by atoms with Crippen LogP contribution in [-0.2, 0) is 4.79 Å². The number of thioether (sulfide) groups is 1. The first-order valence-electron chi connectivity index (χ1n) is 5.19. The van der Waals surface area contributed by atoms with Crippen molar-refractivity contribution in [1.29, 1.82) is 0 Å². The van der Waals surface area contributed by atoms with Crippen LogP contribution < -0.4 is 5.43 Å². The molecule has 1 saturated heterocycles. The highest BCUT2D eigenvalue weighted by Gasteiger charge is 2.41. The topological polar surface area (TPSA) is 44.7 Å². The van der Waals surface area contributed by atoms with E-state index in [2.05, 4.69) is 10.4 Å². The van der Waals surface area contributed by atoms with Gasteiger partial charge in [0.15, 0.2) is 5.17 Å². The quantitative estimate of drug-likeness (QED) is 0.785. The van der Waals surface area contributed by atoms with Crippen LogP contribution in [0.4, 0.5) is 0 Å².